The predicted molar refractivity (Wildman–Crippen MR) is 53.7 cm³/mol. The van der Waals surface area contributed by atoms with E-state index in [0.29, 0.717) is 6.04 Å². The van der Waals surface area contributed by atoms with Gasteiger partial charge in [0.1, 0.15) is 0 Å². The van der Waals surface area contributed by atoms with Gasteiger partial charge in [-0.2, -0.15) is 5.10 Å². The highest BCUT2D eigenvalue weighted by Crippen LogP contribution is 2.16. The van der Waals surface area contributed by atoms with Crippen LogP contribution in [0.25, 0.3) is 0 Å². The van der Waals surface area contributed by atoms with Crippen LogP contribution in [0.4, 0.5) is 0 Å². The molecule has 68 valence electrons. The second-order valence-electron chi connectivity index (χ2n) is 2.79. The molecular weight excluding hydrogens is 241 g/mol. The van der Waals surface area contributed by atoms with Gasteiger partial charge in [0.05, 0.1) is 16.7 Å². The first-order chi connectivity index (χ1) is 5.36. The summed E-state index contributed by atoms with van der Waals surface area (Å²) in [5.41, 5.74) is 0. The largest absolute Gasteiger partial charge is 0.315 e. The Morgan fingerprint density at radius 1 is 1.67 bits per heavy atom. The lowest BCUT2D eigenvalue weighted by molar-refractivity contribution is 0.490. The number of nitrogens with one attached hydrogen (secondary N) is 1. The molecule has 1 fully saturated rings. The molecule has 1 aliphatic heterocycles. The van der Waals surface area contributed by atoms with E-state index in [2.05, 4.69) is 26.3 Å². The maximum absolute atomic E-state index is 4.23. The van der Waals surface area contributed by atoms with Crippen molar-refractivity contribution in [2.75, 3.05) is 13.1 Å². The maximum Gasteiger partial charge on any atom is 0.0656 e. The van der Waals surface area contributed by atoms with E-state index in [9.17, 15) is 0 Å². The van der Waals surface area contributed by atoms with Crippen LogP contribution in [-0.2, 0) is 0 Å². The molecule has 1 aliphatic rings. The third-order valence-electron chi connectivity index (χ3n) is 1.98. The minimum Gasteiger partial charge on any atom is -0.315 e. The van der Waals surface area contributed by atoms with E-state index in [4.69, 9.17) is 0 Å². The highest BCUT2D eigenvalue weighted by atomic mass is 79.9. The molecule has 0 unspecified atom stereocenters. The van der Waals surface area contributed by atoms with Gasteiger partial charge in [-0.1, -0.05) is 0 Å². The molecule has 1 N–H and O–H groups in total. The summed E-state index contributed by atoms with van der Waals surface area (Å²) in [6.07, 6.45) is 5.05. The SMILES string of the molecule is Brc1cnn([C@H]2CCNC2)c1.Cl. The van der Waals surface area contributed by atoms with E-state index in [1.807, 2.05) is 17.1 Å². The third kappa shape index (κ3) is 2.00. The van der Waals surface area contributed by atoms with E-state index in [1.54, 1.807) is 0 Å². The number of hydrogen-bond acceptors (Lipinski definition) is 2. The van der Waals surface area contributed by atoms with Crippen molar-refractivity contribution in [2.45, 2.75) is 12.5 Å². The van der Waals surface area contributed by atoms with E-state index in [0.717, 1.165) is 17.6 Å². The fourth-order valence-corrected chi connectivity index (χ4v) is 1.68. The monoisotopic (exact) mass is 251 g/mol. The lowest BCUT2D eigenvalue weighted by atomic mass is 10.3. The molecule has 0 radical (unpaired) electrons. The molecule has 1 saturated heterocycles. The number of rotatable bonds is 1. The Balaban J connectivity index is 0.000000720. The van der Waals surface area contributed by atoms with Gasteiger partial charge in [0, 0.05) is 12.7 Å². The number of hydrogen-bond donors (Lipinski definition) is 1. The average molecular weight is 253 g/mol. The molecule has 1 aromatic rings. The van der Waals surface area contributed by atoms with Crippen molar-refractivity contribution in [3.05, 3.63) is 16.9 Å². The van der Waals surface area contributed by atoms with Crippen molar-refractivity contribution in [2.24, 2.45) is 0 Å². The van der Waals surface area contributed by atoms with Crippen molar-refractivity contribution in [1.29, 1.82) is 0 Å². The molecule has 2 rings (SSSR count). The van der Waals surface area contributed by atoms with Gasteiger partial charge in [0.15, 0.2) is 0 Å². The second kappa shape index (κ2) is 4.25. The fraction of sp³-hybridized carbons (Fsp3) is 0.571. The van der Waals surface area contributed by atoms with Crippen LogP contribution in [0.2, 0.25) is 0 Å². The third-order valence-corrected chi connectivity index (χ3v) is 2.39. The second-order valence-corrected chi connectivity index (χ2v) is 3.70. The normalized spacial score (nSPS) is 22.2. The number of nitrogens with zero attached hydrogens (tertiary/aromatic N) is 2. The molecule has 0 amide bonds. The topological polar surface area (TPSA) is 29.9 Å². The van der Waals surface area contributed by atoms with Crippen molar-refractivity contribution in [3.8, 4) is 0 Å². The van der Waals surface area contributed by atoms with Crippen LogP contribution in [0.1, 0.15) is 12.5 Å². The quantitative estimate of drug-likeness (QED) is 0.823. The van der Waals surface area contributed by atoms with Gasteiger partial charge in [-0.3, -0.25) is 4.68 Å². The molecule has 12 heavy (non-hydrogen) atoms. The van der Waals surface area contributed by atoms with E-state index in [-0.39, 0.29) is 12.4 Å². The van der Waals surface area contributed by atoms with E-state index in [1.165, 1.54) is 6.42 Å². The molecule has 1 atom stereocenters. The Morgan fingerprint density at radius 3 is 3.00 bits per heavy atom. The minimum atomic E-state index is 0. The highest BCUT2D eigenvalue weighted by Gasteiger charge is 2.16. The van der Waals surface area contributed by atoms with E-state index >= 15 is 0 Å². The smallest absolute Gasteiger partial charge is 0.0656 e. The molecule has 0 bridgehead atoms. The lowest BCUT2D eigenvalue weighted by Gasteiger charge is -2.07. The summed E-state index contributed by atoms with van der Waals surface area (Å²) in [6.45, 7) is 2.16. The first-order valence-electron chi connectivity index (χ1n) is 3.76. The molecule has 2 heterocycles. The number of aromatic nitrogens is 2. The first-order valence-corrected chi connectivity index (χ1v) is 4.56. The van der Waals surface area contributed by atoms with Gasteiger partial charge in [-0.25, -0.2) is 0 Å². The molecule has 0 saturated carbocycles. The zero-order valence-electron chi connectivity index (χ0n) is 6.53. The predicted octanol–water partition coefficient (Wildman–Crippen LogP) is 1.60. The van der Waals surface area contributed by atoms with Crippen LogP contribution in [0, 0.1) is 0 Å². The van der Waals surface area contributed by atoms with Crippen LogP contribution in [0.15, 0.2) is 16.9 Å². The summed E-state index contributed by atoms with van der Waals surface area (Å²) >= 11 is 3.38. The zero-order valence-corrected chi connectivity index (χ0v) is 8.94. The summed E-state index contributed by atoms with van der Waals surface area (Å²) in [4.78, 5) is 0. The van der Waals surface area contributed by atoms with Crippen molar-refractivity contribution < 1.29 is 0 Å². The maximum atomic E-state index is 4.23. The first kappa shape index (κ1) is 10.0. The van der Waals surface area contributed by atoms with Crippen LogP contribution in [-0.4, -0.2) is 22.9 Å². The highest BCUT2D eigenvalue weighted by molar-refractivity contribution is 9.10. The van der Waals surface area contributed by atoms with Crippen molar-refractivity contribution in [3.63, 3.8) is 0 Å². The molecule has 5 heteroatoms. The summed E-state index contributed by atoms with van der Waals surface area (Å²) in [6, 6.07) is 0.557. The molecule has 0 aliphatic carbocycles. The van der Waals surface area contributed by atoms with Gasteiger partial charge >= 0.3 is 0 Å². The number of halogens is 2. The lowest BCUT2D eigenvalue weighted by Crippen LogP contribution is -2.13. The van der Waals surface area contributed by atoms with Crippen LogP contribution < -0.4 is 5.32 Å². The van der Waals surface area contributed by atoms with Gasteiger partial charge in [-0.05, 0) is 28.9 Å². The summed E-state index contributed by atoms with van der Waals surface area (Å²) in [7, 11) is 0. The Bertz CT molecular complexity index is 245. The van der Waals surface area contributed by atoms with Gasteiger partial charge in [0.25, 0.3) is 0 Å². The average Bonchev–Trinajstić information content (AvgIpc) is 2.55. The van der Waals surface area contributed by atoms with Crippen LogP contribution in [0.5, 0.6) is 0 Å². The summed E-state index contributed by atoms with van der Waals surface area (Å²) in [5, 5.41) is 7.53. The van der Waals surface area contributed by atoms with Crippen LogP contribution in [0.3, 0.4) is 0 Å². The summed E-state index contributed by atoms with van der Waals surface area (Å²) in [5.74, 6) is 0. The zero-order chi connectivity index (χ0) is 7.68. The Kier molecular flexibility index (Phi) is 3.55. The fourth-order valence-electron chi connectivity index (χ4n) is 1.38. The van der Waals surface area contributed by atoms with Gasteiger partial charge < -0.3 is 5.32 Å². The Morgan fingerprint density at radius 2 is 2.50 bits per heavy atom. The van der Waals surface area contributed by atoms with Crippen LogP contribution >= 0.6 is 28.3 Å². The molecule has 0 spiro atoms. The van der Waals surface area contributed by atoms with Gasteiger partial charge in [-0.15, -0.1) is 12.4 Å². The Labute approximate surface area is 86.1 Å². The van der Waals surface area contributed by atoms with E-state index < -0.39 is 0 Å². The molecule has 1 aromatic heterocycles. The summed E-state index contributed by atoms with van der Waals surface area (Å²) < 4.78 is 3.08. The molecule has 3 nitrogen and oxygen atoms in total. The van der Waals surface area contributed by atoms with Gasteiger partial charge in [0.2, 0.25) is 0 Å². The molecular formula is C7H11BrClN3. The Hall–Kier alpha value is -0.0600. The van der Waals surface area contributed by atoms with Crippen molar-refractivity contribution in [1.82, 2.24) is 15.1 Å². The minimum absolute atomic E-state index is 0. The van der Waals surface area contributed by atoms with Crippen molar-refractivity contribution >= 4 is 28.3 Å². The molecule has 0 aromatic carbocycles. The standard InChI is InChI=1S/C7H10BrN3.ClH/c8-6-3-10-11(5-6)7-1-2-9-4-7;/h3,5,7,9H,1-2,4H2;1H/t7-;/m0./s1.